The second-order valence-corrected chi connectivity index (χ2v) is 9.61. The average molecular weight is 436 g/mol. The lowest BCUT2D eigenvalue weighted by Gasteiger charge is -2.29. The van der Waals surface area contributed by atoms with Crippen LogP contribution in [0.25, 0.3) is 0 Å². The summed E-state index contributed by atoms with van der Waals surface area (Å²) in [5.74, 6) is -0.416. The van der Waals surface area contributed by atoms with Gasteiger partial charge >= 0.3 is 0 Å². The molecule has 0 spiro atoms. The van der Waals surface area contributed by atoms with Gasteiger partial charge in [-0.3, -0.25) is 9.10 Å². The van der Waals surface area contributed by atoms with E-state index in [0.717, 1.165) is 29.3 Å². The highest BCUT2D eigenvalue weighted by atomic mass is 35.5. The first-order chi connectivity index (χ1) is 13.8. The summed E-state index contributed by atoms with van der Waals surface area (Å²) in [5, 5.41) is 3.23. The van der Waals surface area contributed by atoms with Crippen molar-refractivity contribution in [3.05, 3.63) is 53.1 Å². The monoisotopic (exact) mass is 435 g/mol. The third-order valence-electron chi connectivity index (χ3n) is 5.07. The first-order valence-electron chi connectivity index (χ1n) is 9.63. The van der Waals surface area contributed by atoms with Crippen molar-refractivity contribution in [2.24, 2.45) is 0 Å². The third kappa shape index (κ3) is 5.42. The van der Waals surface area contributed by atoms with Gasteiger partial charge in [-0.05, 0) is 68.1 Å². The van der Waals surface area contributed by atoms with E-state index >= 15 is 0 Å². The molecule has 1 fully saturated rings. The summed E-state index contributed by atoms with van der Waals surface area (Å²) in [6.45, 7) is 3.50. The molecule has 0 saturated carbocycles. The SMILES string of the molecule is Cc1c(Cl)cccc1N(CC(=O)Nc1ccc(N2CCCCC2)cc1)S(C)(=O)=O. The summed E-state index contributed by atoms with van der Waals surface area (Å²) in [6, 6.07) is 12.6. The van der Waals surface area contributed by atoms with Gasteiger partial charge in [-0.15, -0.1) is 0 Å². The highest BCUT2D eigenvalue weighted by Crippen LogP contribution is 2.28. The summed E-state index contributed by atoms with van der Waals surface area (Å²) >= 11 is 6.13. The predicted molar refractivity (Wildman–Crippen MR) is 120 cm³/mol. The molecule has 1 heterocycles. The second kappa shape index (κ2) is 9.05. The van der Waals surface area contributed by atoms with Gasteiger partial charge in [0.2, 0.25) is 15.9 Å². The number of carbonyl (C=O) groups excluding carboxylic acids is 1. The Kier molecular flexibility index (Phi) is 6.70. The van der Waals surface area contributed by atoms with Gasteiger partial charge in [0.05, 0.1) is 11.9 Å². The molecule has 0 bridgehead atoms. The van der Waals surface area contributed by atoms with Crippen molar-refractivity contribution >= 4 is 44.6 Å². The van der Waals surface area contributed by atoms with Crippen molar-refractivity contribution < 1.29 is 13.2 Å². The van der Waals surface area contributed by atoms with Gasteiger partial charge < -0.3 is 10.2 Å². The van der Waals surface area contributed by atoms with Crippen molar-refractivity contribution in [1.29, 1.82) is 0 Å². The van der Waals surface area contributed by atoms with Crippen LogP contribution in [-0.2, 0) is 14.8 Å². The van der Waals surface area contributed by atoms with Gasteiger partial charge in [0.1, 0.15) is 6.54 Å². The molecule has 0 radical (unpaired) electrons. The summed E-state index contributed by atoms with van der Waals surface area (Å²) in [7, 11) is -3.66. The third-order valence-corrected chi connectivity index (χ3v) is 6.60. The van der Waals surface area contributed by atoms with E-state index in [4.69, 9.17) is 11.6 Å². The zero-order chi connectivity index (χ0) is 21.0. The molecule has 1 aliphatic heterocycles. The molecular formula is C21H26ClN3O3S. The Hall–Kier alpha value is -2.25. The zero-order valence-corrected chi connectivity index (χ0v) is 18.3. The largest absolute Gasteiger partial charge is 0.372 e. The molecule has 0 aromatic heterocycles. The Morgan fingerprint density at radius 3 is 2.38 bits per heavy atom. The Morgan fingerprint density at radius 2 is 1.76 bits per heavy atom. The maximum absolute atomic E-state index is 12.6. The van der Waals surface area contributed by atoms with Crippen LogP contribution in [-0.4, -0.2) is 40.2 Å². The molecule has 1 aliphatic rings. The predicted octanol–water partition coefficient (Wildman–Crippen LogP) is 4.04. The molecule has 2 aromatic carbocycles. The van der Waals surface area contributed by atoms with E-state index in [1.54, 1.807) is 25.1 Å². The smallest absolute Gasteiger partial charge is 0.245 e. The molecule has 0 atom stereocenters. The maximum Gasteiger partial charge on any atom is 0.245 e. The molecule has 1 amide bonds. The fraction of sp³-hybridized carbons (Fsp3) is 0.381. The Bertz CT molecular complexity index is 971. The van der Waals surface area contributed by atoms with Crippen LogP contribution in [0.4, 0.5) is 17.1 Å². The zero-order valence-electron chi connectivity index (χ0n) is 16.7. The number of amides is 1. The van der Waals surface area contributed by atoms with E-state index < -0.39 is 15.9 Å². The quantitative estimate of drug-likeness (QED) is 0.743. The molecule has 2 aromatic rings. The number of anilines is 3. The van der Waals surface area contributed by atoms with Crippen molar-refractivity contribution in [2.75, 3.05) is 40.4 Å². The molecule has 29 heavy (non-hydrogen) atoms. The topological polar surface area (TPSA) is 69.7 Å². The lowest BCUT2D eigenvalue weighted by atomic mass is 10.1. The molecule has 8 heteroatoms. The van der Waals surface area contributed by atoms with Gasteiger partial charge in [0.15, 0.2) is 0 Å². The van der Waals surface area contributed by atoms with E-state index in [9.17, 15) is 13.2 Å². The number of rotatable bonds is 6. The summed E-state index contributed by atoms with van der Waals surface area (Å²) in [4.78, 5) is 14.9. The molecule has 0 unspecified atom stereocenters. The Labute approximate surface area is 177 Å². The van der Waals surface area contributed by atoms with Crippen LogP contribution in [0, 0.1) is 6.92 Å². The molecule has 0 aliphatic carbocycles. The minimum absolute atomic E-state index is 0.326. The van der Waals surface area contributed by atoms with Gasteiger partial charge in [-0.2, -0.15) is 0 Å². The van der Waals surface area contributed by atoms with E-state index in [1.807, 2.05) is 24.3 Å². The van der Waals surface area contributed by atoms with Crippen LogP contribution in [0.1, 0.15) is 24.8 Å². The van der Waals surface area contributed by atoms with E-state index in [1.165, 1.54) is 19.3 Å². The van der Waals surface area contributed by atoms with Crippen LogP contribution in [0.2, 0.25) is 5.02 Å². The summed E-state index contributed by atoms with van der Waals surface area (Å²) in [6.07, 6.45) is 4.74. The van der Waals surface area contributed by atoms with Crippen LogP contribution in [0.3, 0.4) is 0 Å². The maximum atomic E-state index is 12.6. The van der Waals surface area contributed by atoms with E-state index in [-0.39, 0.29) is 6.54 Å². The first-order valence-corrected chi connectivity index (χ1v) is 11.9. The number of piperidine rings is 1. The van der Waals surface area contributed by atoms with Crippen LogP contribution in [0.15, 0.2) is 42.5 Å². The average Bonchev–Trinajstić information content (AvgIpc) is 2.69. The number of hydrogen-bond donors (Lipinski definition) is 1. The fourth-order valence-corrected chi connectivity index (χ4v) is 4.56. The number of nitrogens with zero attached hydrogens (tertiary/aromatic N) is 2. The van der Waals surface area contributed by atoms with Crippen molar-refractivity contribution in [3.63, 3.8) is 0 Å². The van der Waals surface area contributed by atoms with Gasteiger partial charge in [0.25, 0.3) is 0 Å². The second-order valence-electron chi connectivity index (χ2n) is 7.30. The van der Waals surface area contributed by atoms with Gasteiger partial charge in [-0.1, -0.05) is 17.7 Å². The minimum atomic E-state index is -3.66. The van der Waals surface area contributed by atoms with Crippen molar-refractivity contribution in [1.82, 2.24) is 0 Å². The van der Waals surface area contributed by atoms with Crippen LogP contribution < -0.4 is 14.5 Å². The number of hydrogen-bond acceptors (Lipinski definition) is 4. The number of nitrogens with one attached hydrogen (secondary N) is 1. The molecule has 1 N–H and O–H groups in total. The van der Waals surface area contributed by atoms with Gasteiger partial charge in [-0.25, -0.2) is 8.42 Å². The summed E-state index contributed by atoms with van der Waals surface area (Å²) < 4.78 is 25.7. The lowest BCUT2D eigenvalue weighted by Crippen LogP contribution is -2.37. The Balaban J connectivity index is 1.71. The molecule has 6 nitrogen and oxygen atoms in total. The highest BCUT2D eigenvalue weighted by molar-refractivity contribution is 7.92. The normalized spacial score (nSPS) is 14.5. The van der Waals surface area contributed by atoms with Crippen LogP contribution >= 0.6 is 11.6 Å². The lowest BCUT2D eigenvalue weighted by molar-refractivity contribution is -0.114. The number of benzene rings is 2. The number of halogens is 1. The number of carbonyl (C=O) groups is 1. The van der Waals surface area contributed by atoms with Crippen LogP contribution in [0.5, 0.6) is 0 Å². The molecule has 1 saturated heterocycles. The van der Waals surface area contributed by atoms with Crippen molar-refractivity contribution in [3.8, 4) is 0 Å². The molecule has 3 rings (SSSR count). The summed E-state index contributed by atoms with van der Waals surface area (Å²) in [5.41, 5.74) is 2.77. The minimum Gasteiger partial charge on any atom is -0.372 e. The molecular weight excluding hydrogens is 410 g/mol. The molecule has 156 valence electrons. The standard InChI is InChI=1S/C21H26ClN3O3S/c1-16-19(22)7-6-8-20(16)25(29(2,27)28)15-21(26)23-17-9-11-18(12-10-17)24-13-4-3-5-14-24/h6-12H,3-5,13-15H2,1-2H3,(H,23,26). The van der Waals surface area contributed by atoms with Crippen molar-refractivity contribution in [2.45, 2.75) is 26.2 Å². The van der Waals surface area contributed by atoms with Gasteiger partial charge in [0, 0.05) is 29.5 Å². The van der Waals surface area contributed by atoms with E-state index in [2.05, 4.69) is 10.2 Å². The van der Waals surface area contributed by atoms with E-state index in [0.29, 0.717) is 22.0 Å². The highest BCUT2D eigenvalue weighted by Gasteiger charge is 2.23. The fourth-order valence-electron chi connectivity index (χ4n) is 3.49. The number of sulfonamides is 1. The Morgan fingerprint density at radius 1 is 1.10 bits per heavy atom. The first kappa shape index (κ1) is 21.5.